The fourth-order valence-corrected chi connectivity index (χ4v) is 2.54. The molecule has 0 spiro atoms. The van der Waals surface area contributed by atoms with Crippen molar-refractivity contribution in [1.29, 1.82) is 0 Å². The first-order valence-electron chi connectivity index (χ1n) is 8.80. The topological polar surface area (TPSA) is 97.5 Å². The quantitative estimate of drug-likeness (QED) is 0.679. The molecule has 0 radical (unpaired) electrons. The highest BCUT2D eigenvalue weighted by Gasteiger charge is 2.40. The third-order valence-corrected chi connectivity index (χ3v) is 4.19. The van der Waals surface area contributed by atoms with Crippen LogP contribution in [0.5, 0.6) is 0 Å². The Morgan fingerprint density at radius 1 is 1.14 bits per heavy atom. The molecule has 1 amide bonds. The van der Waals surface area contributed by atoms with Gasteiger partial charge in [-0.05, 0) is 29.8 Å². The Hall–Kier alpha value is -3.17. The van der Waals surface area contributed by atoms with Crippen LogP contribution in [0.15, 0.2) is 59.4 Å². The third-order valence-electron chi connectivity index (χ3n) is 4.19. The molecule has 0 atom stereocenters. The van der Waals surface area contributed by atoms with Crippen molar-refractivity contribution >= 4 is 5.91 Å². The number of benzene rings is 2. The second-order valence-corrected chi connectivity index (χ2v) is 6.28. The molecule has 1 aliphatic rings. The molecule has 4 rings (SSSR count). The van der Waals surface area contributed by atoms with E-state index in [9.17, 15) is 13.6 Å². The van der Waals surface area contributed by atoms with Crippen molar-refractivity contribution in [3.8, 4) is 11.4 Å². The third kappa shape index (κ3) is 5.21. The minimum Gasteiger partial charge on any atom is -0.395 e. The van der Waals surface area contributed by atoms with E-state index in [1.54, 1.807) is 24.3 Å². The number of hydrogen-bond acceptors (Lipinski definition) is 6. The molecule has 3 aromatic rings. The molecule has 1 fully saturated rings. The number of rotatable bonds is 5. The lowest BCUT2D eigenvalue weighted by Gasteiger charge is -2.34. The molecule has 9 heteroatoms. The van der Waals surface area contributed by atoms with Gasteiger partial charge in [0.25, 0.3) is 5.91 Å². The number of aromatic nitrogens is 2. The zero-order valence-corrected chi connectivity index (χ0v) is 15.3. The van der Waals surface area contributed by atoms with Crippen molar-refractivity contribution < 1.29 is 27.9 Å². The predicted molar refractivity (Wildman–Crippen MR) is 99.2 cm³/mol. The number of carbonyl (C=O) groups is 1. The highest BCUT2D eigenvalue weighted by Crippen LogP contribution is 2.34. The molecule has 7 nitrogen and oxygen atoms in total. The van der Waals surface area contributed by atoms with Crippen molar-refractivity contribution in [3.63, 3.8) is 0 Å². The van der Waals surface area contributed by atoms with Crippen LogP contribution in [0.4, 0.5) is 8.78 Å². The van der Waals surface area contributed by atoms with E-state index < -0.39 is 5.67 Å². The number of nitrogens with zero attached hydrogens (tertiary/aromatic N) is 2. The summed E-state index contributed by atoms with van der Waals surface area (Å²) in [7, 11) is 0. The van der Waals surface area contributed by atoms with Crippen LogP contribution in [-0.4, -0.2) is 47.5 Å². The number of aliphatic hydroxyl groups excluding tert-OH is 1. The van der Waals surface area contributed by atoms with Gasteiger partial charge in [0.1, 0.15) is 5.82 Å². The van der Waals surface area contributed by atoms with E-state index in [0.717, 1.165) is 5.56 Å². The maximum absolute atomic E-state index is 13.9. The molecule has 1 aliphatic heterocycles. The van der Waals surface area contributed by atoms with Crippen LogP contribution >= 0.6 is 0 Å². The smallest absolute Gasteiger partial charge is 0.251 e. The Labute approximate surface area is 165 Å². The molecule has 0 saturated carbocycles. The van der Waals surface area contributed by atoms with Crippen LogP contribution in [0.1, 0.15) is 15.9 Å². The summed E-state index contributed by atoms with van der Waals surface area (Å²) in [6.45, 7) is 0.367. The van der Waals surface area contributed by atoms with E-state index in [2.05, 4.69) is 20.0 Å². The van der Waals surface area contributed by atoms with Gasteiger partial charge in [-0.2, -0.15) is 4.98 Å². The van der Waals surface area contributed by atoms with E-state index in [-0.39, 0.29) is 38.1 Å². The Bertz CT molecular complexity index is 912. The average molecular weight is 403 g/mol. The number of hydrogen-bond donors (Lipinski definition) is 2. The summed E-state index contributed by atoms with van der Waals surface area (Å²) in [5, 5.41) is 14.6. The number of carbonyl (C=O) groups excluding carboxylic acids is 1. The number of alkyl halides is 1. The molecular weight excluding hydrogens is 384 g/mol. The van der Waals surface area contributed by atoms with Crippen molar-refractivity contribution in [1.82, 2.24) is 15.5 Å². The number of amides is 1. The summed E-state index contributed by atoms with van der Waals surface area (Å²) in [4.78, 5) is 15.1. The van der Waals surface area contributed by atoms with Crippen molar-refractivity contribution in [3.05, 3.63) is 71.9 Å². The highest BCUT2D eigenvalue weighted by molar-refractivity contribution is 5.94. The number of halogens is 2. The summed E-state index contributed by atoms with van der Waals surface area (Å²) < 4.78 is 35.9. The van der Waals surface area contributed by atoms with Gasteiger partial charge in [-0.25, -0.2) is 8.78 Å². The van der Waals surface area contributed by atoms with E-state index in [4.69, 9.17) is 9.84 Å². The fraction of sp³-hybridized carbons (Fsp3) is 0.250. The molecule has 0 bridgehead atoms. The van der Waals surface area contributed by atoms with E-state index in [1.165, 1.54) is 30.7 Å². The fourth-order valence-electron chi connectivity index (χ4n) is 2.54. The lowest BCUT2D eigenvalue weighted by Crippen LogP contribution is -2.42. The second-order valence-electron chi connectivity index (χ2n) is 6.28. The van der Waals surface area contributed by atoms with Crippen molar-refractivity contribution in [2.24, 2.45) is 0 Å². The standard InChI is InChI=1S/C11H9FN2O2.C9H10FNO2/c12-11(5-15-6-11)9-3-1-8(2-4-9)10-13-7-16-14-10;10-8-3-1-7(2-4-8)9(13)11-5-6-12/h1-4,7H,5-6H2;1-4,12H,5-6H2,(H,11,13). The molecule has 2 heterocycles. The van der Waals surface area contributed by atoms with Crippen LogP contribution in [0.2, 0.25) is 0 Å². The molecule has 1 aromatic heterocycles. The molecule has 152 valence electrons. The summed E-state index contributed by atoms with van der Waals surface area (Å²) >= 11 is 0. The van der Waals surface area contributed by atoms with Crippen LogP contribution < -0.4 is 5.32 Å². The van der Waals surface area contributed by atoms with Crippen molar-refractivity contribution in [2.45, 2.75) is 5.67 Å². The summed E-state index contributed by atoms with van der Waals surface area (Å²) in [5.74, 6) is -0.183. The maximum Gasteiger partial charge on any atom is 0.251 e. The van der Waals surface area contributed by atoms with Crippen molar-refractivity contribution in [2.75, 3.05) is 26.4 Å². The zero-order valence-electron chi connectivity index (χ0n) is 15.3. The van der Waals surface area contributed by atoms with Gasteiger partial charge < -0.3 is 19.7 Å². The molecule has 29 heavy (non-hydrogen) atoms. The van der Waals surface area contributed by atoms with E-state index in [0.29, 0.717) is 17.0 Å². The van der Waals surface area contributed by atoms with Gasteiger partial charge in [0.15, 0.2) is 5.67 Å². The molecule has 0 aliphatic carbocycles. The first-order valence-corrected chi connectivity index (χ1v) is 8.80. The van der Waals surface area contributed by atoms with Gasteiger partial charge in [-0.15, -0.1) is 0 Å². The Balaban J connectivity index is 0.000000170. The van der Waals surface area contributed by atoms with Crippen LogP contribution in [0, 0.1) is 5.82 Å². The molecular formula is C20H19F2N3O4. The monoisotopic (exact) mass is 403 g/mol. The van der Waals surface area contributed by atoms with Crippen LogP contribution in [0.25, 0.3) is 11.4 Å². The van der Waals surface area contributed by atoms with Crippen LogP contribution in [0.3, 0.4) is 0 Å². The lowest BCUT2D eigenvalue weighted by molar-refractivity contribution is -0.135. The average Bonchev–Trinajstić information content (AvgIpc) is 3.26. The Kier molecular flexibility index (Phi) is 6.63. The first-order chi connectivity index (χ1) is 14.0. The molecule has 2 aromatic carbocycles. The predicted octanol–water partition coefficient (Wildman–Crippen LogP) is 2.48. The normalized spacial score (nSPS) is 14.3. The van der Waals surface area contributed by atoms with E-state index >= 15 is 0 Å². The maximum atomic E-state index is 13.9. The summed E-state index contributed by atoms with van der Waals surface area (Å²) in [5.41, 5.74) is 0.498. The van der Waals surface area contributed by atoms with Gasteiger partial charge in [0.2, 0.25) is 12.2 Å². The highest BCUT2D eigenvalue weighted by atomic mass is 19.1. The van der Waals surface area contributed by atoms with E-state index in [1.807, 2.05) is 0 Å². The minimum absolute atomic E-state index is 0.104. The van der Waals surface area contributed by atoms with Gasteiger partial charge in [-0.1, -0.05) is 29.4 Å². The summed E-state index contributed by atoms with van der Waals surface area (Å²) in [6, 6.07) is 12.2. The van der Waals surface area contributed by atoms with Gasteiger partial charge in [0, 0.05) is 17.7 Å². The largest absolute Gasteiger partial charge is 0.395 e. The lowest BCUT2D eigenvalue weighted by atomic mass is 9.93. The SMILES string of the molecule is FC1(c2ccc(-c3ncon3)cc2)COC1.O=C(NCCO)c1ccc(F)cc1. The molecule has 0 unspecified atom stereocenters. The Morgan fingerprint density at radius 2 is 1.83 bits per heavy atom. The van der Waals surface area contributed by atoms with Gasteiger partial charge in [0.05, 0.1) is 19.8 Å². The number of ether oxygens (including phenoxy) is 1. The summed E-state index contributed by atoms with van der Waals surface area (Å²) in [6.07, 6.45) is 1.26. The first kappa shape index (κ1) is 20.6. The second kappa shape index (κ2) is 9.35. The zero-order chi connectivity index (χ0) is 20.7. The molecule has 2 N–H and O–H groups in total. The number of nitrogens with one attached hydrogen (secondary N) is 1. The van der Waals surface area contributed by atoms with Gasteiger partial charge >= 0.3 is 0 Å². The number of aliphatic hydroxyl groups is 1. The molecule has 1 saturated heterocycles. The minimum atomic E-state index is -1.32. The van der Waals surface area contributed by atoms with Crippen LogP contribution in [-0.2, 0) is 10.4 Å². The Morgan fingerprint density at radius 3 is 2.34 bits per heavy atom. The van der Waals surface area contributed by atoms with Gasteiger partial charge in [-0.3, -0.25) is 4.79 Å².